The lowest BCUT2D eigenvalue weighted by Gasteiger charge is -2.04. The number of rotatable bonds is 4. The Morgan fingerprint density at radius 3 is 2.53 bits per heavy atom. The zero-order valence-corrected chi connectivity index (χ0v) is 10.0. The minimum Gasteiger partial charge on any atom is -0.461 e. The van der Waals surface area contributed by atoms with Crippen molar-refractivity contribution in [2.24, 2.45) is 0 Å². The molecule has 1 aromatic rings. The molecule has 4 nitrogen and oxygen atoms in total. The number of esters is 1. The van der Waals surface area contributed by atoms with Crippen LogP contribution in [0.1, 0.15) is 26.3 Å². The molecule has 0 saturated carbocycles. The van der Waals surface area contributed by atoms with Crippen LogP contribution in [-0.4, -0.2) is 12.4 Å². The Bertz CT molecular complexity index is 377. The zero-order chi connectivity index (χ0) is 13.3. The highest BCUT2D eigenvalue weighted by molar-refractivity contribution is 5.65. The van der Waals surface area contributed by atoms with E-state index in [4.69, 9.17) is 0 Å². The fraction of sp³-hybridized carbons (Fsp3) is 0.333. The maximum Gasteiger partial charge on any atom is 0.302 e. The van der Waals surface area contributed by atoms with Gasteiger partial charge in [-0.25, -0.2) is 4.39 Å². The highest BCUT2D eigenvalue weighted by Crippen LogP contribution is 2.18. The van der Waals surface area contributed by atoms with Gasteiger partial charge in [0.1, 0.15) is 6.61 Å². The van der Waals surface area contributed by atoms with Crippen molar-refractivity contribution < 1.29 is 23.5 Å². The van der Waals surface area contributed by atoms with Crippen LogP contribution in [-0.2, 0) is 20.9 Å². The third-order valence-corrected chi connectivity index (χ3v) is 1.61. The van der Waals surface area contributed by atoms with Gasteiger partial charge in [-0.15, -0.1) is 0 Å². The number of carbonyl (C=O) groups excluding carboxylic acids is 2. The van der Waals surface area contributed by atoms with Crippen LogP contribution in [0.25, 0.3) is 0 Å². The summed E-state index contributed by atoms with van der Waals surface area (Å²) in [6.45, 7) is 5.40. The number of hydrogen-bond donors (Lipinski definition) is 0. The molecule has 0 atom stereocenters. The fourth-order valence-electron chi connectivity index (χ4n) is 0.967. The normalized spacial score (nSPS) is 8.71. The van der Waals surface area contributed by atoms with Crippen molar-refractivity contribution in [3.05, 3.63) is 29.6 Å². The van der Waals surface area contributed by atoms with Gasteiger partial charge < -0.3 is 9.47 Å². The number of ether oxygens (including phenoxy) is 2. The van der Waals surface area contributed by atoms with Crippen LogP contribution in [0.15, 0.2) is 18.2 Å². The number of benzene rings is 1. The summed E-state index contributed by atoms with van der Waals surface area (Å²) >= 11 is 0. The highest BCUT2D eigenvalue weighted by atomic mass is 19.1. The summed E-state index contributed by atoms with van der Waals surface area (Å²) in [6, 6.07) is 3.94. The summed E-state index contributed by atoms with van der Waals surface area (Å²) in [5, 5.41) is 0. The Kier molecular flexibility index (Phi) is 7.34. The highest BCUT2D eigenvalue weighted by Gasteiger charge is 2.05. The maximum absolute atomic E-state index is 13.1. The van der Waals surface area contributed by atoms with Crippen molar-refractivity contribution in [2.75, 3.05) is 0 Å². The van der Waals surface area contributed by atoms with E-state index in [2.05, 4.69) is 9.47 Å². The minimum absolute atomic E-state index is 0.00633. The molecular formula is C12H15FO4. The molecule has 0 amide bonds. The van der Waals surface area contributed by atoms with E-state index in [9.17, 15) is 14.0 Å². The number of halogens is 1. The molecule has 0 spiro atoms. The van der Waals surface area contributed by atoms with Gasteiger partial charge in [0.05, 0.1) is 0 Å². The van der Waals surface area contributed by atoms with Crippen LogP contribution in [0, 0.1) is 5.82 Å². The standard InChI is InChI=1S/C10H9FO4.C2H6/c1-7(13)14-5-8-2-3-10(15-6-12)9(11)4-8;1-2/h2-4,6H,5H2,1H3;1-2H3. The van der Waals surface area contributed by atoms with Crippen LogP contribution < -0.4 is 4.74 Å². The molecule has 1 rings (SSSR count). The Labute approximate surface area is 99.3 Å². The molecule has 1 aromatic carbocycles. The molecule has 0 aromatic heterocycles. The summed E-state index contributed by atoms with van der Waals surface area (Å²) in [7, 11) is 0. The van der Waals surface area contributed by atoms with E-state index in [-0.39, 0.29) is 18.8 Å². The van der Waals surface area contributed by atoms with E-state index in [1.165, 1.54) is 19.1 Å². The summed E-state index contributed by atoms with van der Waals surface area (Å²) in [6.07, 6.45) is 0. The summed E-state index contributed by atoms with van der Waals surface area (Å²) in [4.78, 5) is 20.5. The number of hydrogen-bond acceptors (Lipinski definition) is 4. The second-order valence-corrected chi connectivity index (χ2v) is 2.76. The van der Waals surface area contributed by atoms with Crippen molar-refractivity contribution in [1.29, 1.82) is 0 Å². The summed E-state index contributed by atoms with van der Waals surface area (Å²) in [5.41, 5.74) is 0.487. The molecule has 0 bridgehead atoms. The molecule has 0 aliphatic heterocycles. The SMILES string of the molecule is CC.CC(=O)OCc1ccc(OC=O)c(F)c1. The first-order chi connectivity index (χ1) is 8.13. The molecule has 0 heterocycles. The summed E-state index contributed by atoms with van der Waals surface area (Å²) in [5.74, 6) is -1.27. The van der Waals surface area contributed by atoms with Crippen molar-refractivity contribution >= 4 is 12.4 Å². The molecule has 0 radical (unpaired) electrons. The Balaban J connectivity index is 0.00000121. The Hall–Kier alpha value is -1.91. The lowest BCUT2D eigenvalue weighted by Crippen LogP contribution is -2.00. The smallest absolute Gasteiger partial charge is 0.302 e. The molecule has 5 heteroatoms. The molecular weight excluding hydrogens is 227 g/mol. The average Bonchev–Trinajstić information content (AvgIpc) is 2.32. The van der Waals surface area contributed by atoms with E-state index in [1.54, 1.807) is 0 Å². The van der Waals surface area contributed by atoms with E-state index in [0.29, 0.717) is 5.56 Å². The van der Waals surface area contributed by atoms with Gasteiger partial charge in [0.2, 0.25) is 0 Å². The average molecular weight is 242 g/mol. The van der Waals surface area contributed by atoms with Gasteiger partial charge in [-0.3, -0.25) is 9.59 Å². The van der Waals surface area contributed by atoms with Crippen LogP contribution in [0.5, 0.6) is 5.75 Å². The first-order valence-electron chi connectivity index (χ1n) is 5.15. The topological polar surface area (TPSA) is 52.6 Å². The molecule has 0 saturated heterocycles. The van der Waals surface area contributed by atoms with Crippen LogP contribution >= 0.6 is 0 Å². The molecule has 0 aliphatic carbocycles. The quantitative estimate of drug-likeness (QED) is 0.601. The van der Waals surface area contributed by atoms with E-state index in [0.717, 1.165) is 6.07 Å². The van der Waals surface area contributed by atoms with Gasteiger partial charge in [-0.1, -0.05) is 19.9 Å². The van der Waals surface area contributed by atoms with Crippen molar-refractivity contribution in [3.8, 4) is 5.75 Å². The van der Waals surface area contributed by atoms with Crippen molar-refractivity contribution in [1.82, 2.24) is 0 Å². The second kappa shape index (κ2) is 8.27. The monoisotopic (exact) mass is 242 g/mol. The van der Waals surface area contributed by atoms with Crippen molar-refractivity contribution in [2.45, 2.75) is 27.4 Å². The first kappa shape index (κ1) is 15.1. The first-order valence-corrected chi connectivity index (χ1v) is 5.15. The van der Waals surface area contributed by atoms with E-state index >= 15 is 0 Å². The second-order valence-electron chi connectivity index (χ2n) is 2.76. The predicted octanol–water partition coefficient (Wildman–Crippen LogP) is 2.45. The van der Waals surface area contributed by atoms with Gasteiger partial charge in [-0.05, 0) is 17.7 Å². The van der Waals surface area contributed by atoms with Crippen LogP contribution in [0.3, 0.4) is 0 Å². The molecule has 17 heavy (non-hydrogen) atoms. The van der Waals surface area contributed by atoms with Crippen molar-refractivity contribution in [3.63, 3.8) is 0 Å². The molecule has 0 fully saturated rings. The minimum atomic E-state index is -0.674. The van der Waals surface area contributed by atoms with Gasteiger partial charge in [0.15, 0.2) is 11.6 Å². The molecule has 0 aliphatic rings. The van der Waals surface area contributed by atoms with Gasteiger partial charge in [-0.2, -0.15) is 0 Å². The van der Waals surface area contributed by atoms with E-state index in [1.807, 2.05) is 13.8 Å². The fourth-order valence-corrected chi connectivity index (χ4v) is 0.967. The Morgan fingerprint density at radius 2 is 2.06 bits per heavy atom. The lowest BCUT2D eigenvalue weighted by molar-refractivity contribution is -0.142. The Morgan fingerprint density at radius 1 is 1.41 bits per heavy atom. The van der Waals surface area contributed by atoms with Crippen LogP contribution in [0.4, 0.5) is 4.39 Å². The van der Waals surface area contributed by atoms with Gasteiger partial charge in [0, 0.05) is 6.92 Å². The third-order valence-electron chi connectivity index (χ3n) is 1.61. The van der Waals surface area contributed by atoms with Gasteiger partial charge >= 0.3 is 5.97 Å². The summed E-state index contributed by atoms with van der Waals surface area (Å²) < 4.78 is 22.2. The predicted molar refractivity (Wildman–Crippen MR) is 59.9 cm³/mol. The number of carbonyl (C=O) groups is 2. The maximum atomic E-state index is 13.1. The van der Waals surface area contributed by atoms with Gasteiger partial charge in [0.25, 0.3) is 6.47 Å². The molecule has 0 unspecified atom stereocenters. The van der Waals surface area contributed by atoms with E-state index < -0.39 is 11.8 Å². The molecule has 94 valence electrons. The molecule has 0 N–H and O–H groups in total. The lowest BCUT2D eigenvalue weighted by atomic mass is 10.2. The van der Waals surface area contributed by atoms with Crippen LogP contribution in [0.2, 0.25) is 0 Å². The zero-order valence-electron chi connectivity index (χ0n) is 10.0. The largest absolute Gasteiger partial charge is 0.461 e. The third kappa shape index (κ3) is 5.65.